The third-order valence-corrected chi connectivity index (χ3v) is 4.86. The van der Waals surface area contributed by atoms with Crippen LogP contribution < -0.4 is 0 Å². The largest absolute Gasteiger partial charge is 0.462 e. The van der Waals surface area contributed by atoms with E-state index >= 15 is 0 Å². The molecule has 1 N–H and O–H groups in total. The Morgan fingerprint density at radius 2 is 1.34 bits per heavy atom. The molecule has 0 saturated carbocycles. The van der Waals surface area contributed by atoms with Crippen LogP contribution in [0.15, 0.2) is 12.2 Å². The second-order valence-electron chi connectivity index (χ2n) is 7.67. The molecule has 0 fully saturated rings. The molecular weight excluding hydrogens is 368 g/mol. The molecule has 29 heavy (non-hydrogen) atoms. The van der Waals surface area contributed by atoms with Crippen LogP contribution in [0.25, 0.3) is 0 Å². The highest BCUT2D eigenvalue weighted by atomic mass is 16.6. The van der Waals surface area contributed by atoms with E-state index in [9.17, 15) is 9.59 Å². The smallest absolute Gasteiger partial charge is 0.305 e. The van der Waals surface area contributed by atoms with E-state index in [4.69, 9.17) is 14.6 Å². The molecular formula is C24H44O5. The molecule has 0 aromatic carbocycles. The standard InChI is InChI=1S/C24H44O5/c1-3-5-6-7-8-9-10-11-12-13-14-15-16-17-18-19-24(27)28-21-22(20-25)29-23(26)4-2/h11-12,22,25H,3-10,13-21H2,1-2H3. The number of allylic oxidation sites excluding steroid dienone is 2. The number of rotatable bonds is 20. The van der Waals surface area contributed by atoms with Gasteiger partial charge in [0.2, 0.25) is 0 Å². The van der Waals surface area contributed by atoms with Gasteiger partial charge in [0.05, 0.1) is 6.61 Å². The van der Waals surface area contributed by atoms with Gasteiger partial charge in [0.1, 0.15) is 6.61 Å². The van der Waals surface area contributed by atoms with Crippen molar-refractivity contribution in [2.24, 2.45) is 0 Å². The molecule has 0 aromatic heterocycles. The Morgan fingerprint density at radius 1 is 0.793 bits per heavy atom. The fourth-order valence-electron chi connectivity index (χ4n) is 2.99. The summed E-state index contributed by atoms with van der Waals surface area (Å²) in [5, 5.41) is 9.13. The molecule has 0 bridgehead atoms. The van der Waals surface area contributed by atoms with Crippen LogP contribution in [0, 0.1) is 0 Å². The second kappa shape index (κ2) is 21.4. The second-order valence-corrected chi connectivity index (χ2v) is 7.67. The summed E-state index contributed by atoms with van der Waals surface area (Å²) in [5.41, 5.74) is 0. The quantitative estimate of drug-likeness (QED) is 0.153. The summed E-state index contributed by atoms with van der Waals surface area (Å²) in [5.74, 6) is -0.703. The third kappa shape index (κ3) is 19.7. The number of esters is 2. The molecule has 1 unspecified atom stereocenters. The maximum Gasteiger partial charge on any atom is 0.305 e. The molecule has 0 spiro atoms. The van der Waals surface area contributed by atoms with Gasteiger partial charge in [0.25, 0.3) is 0 Å². The Labute approximate surface area is 178 Å². The van der Waals surface area contributed by atoms with E-state index in [1.165, 1.54) is 57.8 Å². The molecule has 0 radical (unpaired) electrons. The minimum atomic E-state index is -0.763. The maximum atomic E-state index is 11.7. The van der Waals surface area contributed by atoms with Crippen LogP contribution in [0.3, 0.4) is 0 Å². The molecule has 0 saturated heterocycles. The van der Waals surface area contributed by atoms with Crippen molar-refractivity contribution in [3.05, 3.63) is 12.2 Å². The number of carbonyl (C=O) groups is 2. The van der Waals surface area contributed by atoms with Gasteiger partial charge < -0.3 is 14.6 Å². The highest BCUT2D eigenvalue weighted by Crippen LogP contribution is 2.10. The van der Waals surface area contributed by atoms with E-state index in [1.807, 2.05) is 0 Å². The van der Waals surface area contributed by atoms with Crippen LogP contribution in [0.4, 0.5) is 0 Å². The first kappa shape index (κ1) is 27.6. The molecule has 0 aliphatic rings. The van der Waals surface area contributed by atoms with Crippen molar-refractivity contribution in [2.45, 2.75) is 116 Å². The summed E-state index contributed by atoms with van der Waals surface area (Å²) in [6.45, 7) is 3.51. The Morgan fingerprint density at radius 3 is 1.90 bits per heavy atom. The Hall–Kier alpha value is -1.36. The van der Waals surface area contributed by atoms with Gasteiger partial charge in [0.15, 0.2) is 6.10 Å². The lowest BCUT2D eigenvalue weighted by molar-refractivity contribution is -0.161. The minimum absolute atomic E-state index is 0.0772. The van der Waals surface area contributed by atoms with E-state index in [2.05, 4.69) is 19.1 Å². The summed E-state index contributed by atoms with van der Waals surface area (Å²) in [6, 6.07) is 0. The number of carbonyl (C=O) groups excluding carboxylic acids is 2. The van der Waals surface area contributed by atoms with Crippen LogP contribution >= 0.6 is 0 Å². The number of hydrogen-bond acceptors (Lipinski definition) is 5. The molecule has 5 nitrogen and oxygen atoms in total. The van der Waals surface area contributed by atoms with Crippen molar-refractivity contribution in [3.63, 3.8) is 0 Å². The van der Waals surface area contributed by atoms with Gasteiger partial charge in [-0.05, 0) is 32.1 Å². The average molecular weight is 413 g/mol. The van der Waals surface area contributed by atoms with Crippen molar-refractivity contribution < 1.29 is 24.2 Å². The number of unbranched alkanes of at least 4 members (excludes halogenated alkanes) is 11. The summed E-state index contributed by atoms with van der Waals surface area (Å²) in [6.07, 6.45) is 20.3. The normalized spacial score (nSPS) is 12.2. The van der Waals surface area contributed by atoms with Gasteiger partial charge in [-0.15, -0.1) is 0 Å². The molecule has 0 heterocycles. The number of aliphatic hydroxyl groups excluding tert-OH is 1. The van der Waals surface area contributed by atoms with Crippen LogP contribution in [0.5, 0.6) is 0 Å². The fraction of sp³-hybridized carbons (Fsp3) is 0.833. The first-order valence-corrected chi connectivity index (χ1v) is 11.7. The Balaban J connectivity index is 3.44. The highest BCUT2D eigenvalue weighted by molar-refractivity contribution is 5.70. The molecule has 0 rings (SSSR count). The molecule has 0 aliphatic heterocycles. The predicted molar refractivity (Wildman–Crippen MR) is 118 cm³/mol. The topological polar surface area (TPSA) is 72.8 Å². The lowest BCUT2D eigenvalue weighted by Crippen LogP contribution is -2.28. The first-order chi connectivity index (χ1) is 14.1. The zero-order valence-corrected chi connectivity index (χ0v) is 18.8. The fourth-order valence-corrected chi connectivity index (χ4v) is 2.99. The maximum absolute atomic E-state index is 11.7. The van der Waals surface area contributed by atoms with Gasteiger partial charge in [-0.25, -0.2) is 0 Å². The zero-order valence-electron chi connectivity index (χ0n) is 18.8. The van der Waals surface area contributed by atoms with Gasteiger partial charge in [-0.2, -0.15) is 0 Å². The molecule has 1 atom stereocenters. The Kier molecular flexibility index (Phi) is 20.3. The van der Waals surface area contributed by atoms with E-state index in [-0.39, 0.29) is 25.6 Å². The van der Waals surface area contributed by atoms with E-state index < -0.39 is 12.1 Å². The van der Waals surface area contributed by atoms with Crippen LogP contribution in [-0.4, -0.2) is 36.4 Å². The van der Waals surface area contributed by atoms with Crippen molar-refractivity contribution in [3.8, 4) is 0 Å². The summed E-state index contributed by atoms with van der Waals surface area (Å²) >= 11 is 0. The summed E-state index contributed by atoms with van der Waals surface area (Å²) in [4.78, 5) is 22.9. The van der Waals surface area contributed by atoms with Gasteiger partial charge in [-0.3, -0.25) is 9.59 Å². The van der Waals surface area contributed by atoms with Gasteiger partial charge in [0, 0.05) is 12.8 Å². The third-order valence-electron chi connectivity index (χ3n) is 4.86. The van der Waals surface area contributed by atoms with Gasteiger partial charge in [-0.1, -0.05) is 77.4 Å². The monoisotopic (exact) mass is 412 g/mol. The SMILES string of the molecule is CCCCCCCCC=CCCCCCCCC(=O)OCC(CO)OC(=O)CC. The van der Waals surface area contributed by atoms with Crippen molar-refractivity contribution in [2.75, 3.05) is 13.2 Å². The van der Waals surface area contributed by atoms with Crippen molar-refractivity contribution in [1.29, 1.82) is 0 Å². The molecule has 0 aliphatic carbocycles. The van der Waals surface area contributed by atoms with E-state index in [0.29, 0.717) is 6.42 Å². The lowest BCUT2D eigenvalue weighted by atomic mass is 10.1. The predicted octanol–water partition coefficient (Wildman–Crippen LogP) is 5.88. The van der Waals surface area contributed by atoms with Crippen molar-refractivity contribution >= 4 is 11.9 Å². The Bertz CT molecular complexity index is 419. The zero-order chi connectivity index (χ0) is 21.6. The average Bonchev–Trinajstić information content (AvgIpc) is 2.73. The molecule has 0 amide bonds. The van der Waals surface area contributed by atoms with Crippen LogP contribution in [-0.2, 0) is 19.1 Å². The van der Waals surface area contributed by atoms with Crippen LogP contribution in [0.1, 0.15) is 110 Å². The minimum Gasteiger partial charge on any atom is -0.462 e. The van der Waals surface area contributed by atoms with E-state index in [1.54, 1.807) is 6.92 Å². The van der Waals surface area contributed by atoms with Gasteiger partial charge >= 0.3 is 11.9 Å². The van der Waals surface area contributed by atoms with Crippen LogP contribution in [0.2, 0.25) is 0 Å². The molecule has 5 heteroatoms. The number of aliphatic hydroxyl groups is 1. The molecule has 0 aromatic rings. The van der Waals surface area contributed by atoms with Crippen molar-refractivity contribution in [1.82, 2.24) is 0 Å². The van der Waals surface area contributed by atoms with E-state index in [0.717, 1.165) is 25.7 Å². The number of hydrogen-bond donors (Lipinski definition) is 1. The first-order valence-electron chi connectivity index (χ1n) is 11.7. The summed E-state index contributed by atoms with van der Waals surface area (Å²) < 4.78 is 10.0. The summed E-state index contributed by atoms with van der Waals surface area (Å²) in [7, 11) is 0. The lowest BCUT2D eigenvalue weighted by Gasteiger charge is -2.15. The number of ether oxygens (including phenoxy) is 2. The molecule has 170 valence electrons. The highest BCUT2D eigenvalue weighted by Gasteiger charge is 2.14.